The molecule has 1 aliphatic rings. The predicted octanol–water partition coefficient (Wildman–Crippen LogP) is 4.32. The molecule has 0 spiro atoms. The summed E-state index contributed by atoms with van der Waals surface area (Å²) in [6.45, 7) is 9.58. The average Bonchev–Trinajstić information content (AvgIpc) is 2.86. The van der Waals surface area contributed by atoms with E-state index in [0.29, 0.717) is 16.5 Å². The van der Waals surface area contributed by atoms with Crippen LogP contribution in [-0.2, 0) is 0 Å². The monoisotopic (exact) mass is 482 g/mol. The summed E-state index contributed by atoms with van der Waals surface area (Å²) in [6.07, 6.45) is 0. The van der Waals surface area contributed by atoms with Gasteiger partial charge >= 0.3 is 5.63 Å². The molecule has 0 amide bonds. The van der Waals surface area contributed by atoms with Gasteiger partial charge in [-0.05, 0) is 62.4 Å². The molecule has 4 aromatic rings. The lowest BCUT2D eigenvalue weighted by molar-refractivity contribution is 0.388. The quantitative estimate of drug-likeness (QED) is 0.415. The standard InChI is InChI=1S/C28H26N4O4/c1-5-32(6-2)17-9-10-18-21(12-17)35-28(34)23-22(20(13-29)26(30)36-25(18)23)19-11-16-8-7-14(3)15(4)24(16)31-27(19)33/h7-12,22H,5-6,30H2,1-4H3,(H,31,33)/t22-/m0/s1. The van der Waals surface area contributed by atoms with E-state index in [1.54, 1.807) is 12.1 Å². The Labute approximate surface area is 207 Å². The SMILES string of the molecule is CCN(CC)c1ccc2c3c(c(=O)oc2c1)[C@@H](c1cc2ccc(C)c(C)c2[nH]c1=O)C(C#N)=C(N)O3. The van der Waals surface area contributed by atoms with Crippen LogP contribution in [0, 0.1) is 25.2 Å². The molecule has 0 fully saturated rings. The number of H-pyrrole nitrogens is 1. The number of nitriles is 1. The Morgan fingerprint density at radius 2 is 1.86 bits per heavy atom. The van der Waals surface area contributed by atoms with E-state index in [2.05, 4.69) is 9.88 Å². The van der Waals surface area contributed by atoms with Crippen molar-refractivity contribution in [3.63, 3.8) is 0 Å². The van der Waals surface area contributed by atoms with Gasteiger partial charge in [-0.15, -0.1) is 0 Å². The van der Waals surface area contributed by atoms with Crippen LogP contribution in [-0.4, -0.2) is 18.1 Å². The first kappa shape index (κ1) is 23.2. The van der Waals surface area contributed by atoms with Gasteiger partial charge in [0.25, 0.3) is 5.56 Å². The topological polar surface area (TPSA) is 125 Å². The maximum absolute atomic E-state index is 13.4. The zero-order valence-electron chi connectivity index (χ0n) is 20.6. The van der Waals surface area contributed by atoms with Crippen LogP contribution in [0.4, 0.5) is 5.69 Å². The highest BCUT2D eigenvalue weighted by atomic mass is 16.5. The Morgan fingerprint density at radius 3 is 2.56 bits per heavy atom. The van der Waals surface area contributed by atoms with E-state index < -0.39 is 17.1 Å². The maximum Gasteiger partial charge on any atom is 0.344 e. The van der Waals surface area contributed by atoms with Crippen LogP contribution in [0.3, 0.4) is 0 Å². The van der Waals surface area contributed by atoms with Gasteiger partial charge in [0, 0.05) is 30.4 Å². The second kappa shape index (κ2) is 8.61. The van der Waals surface area contributed by atoms with Crippen LogP contribution < -0.4 is 26.6 Å². The summed E-state index contributed by atoms with van der Waals surface area (Å²) in [7, 11) is 0. The number of benzene rings is 2. The van der Waals surface area contributed by atoms with Crippen molar-refractivity contribution >= 4 is 27.6 Å². The second-order valence-corrected chi connectivity index (χ2v) is 8.94. The van der Waals surface area contributed by atoms with E-state index >= 15 is 0 Å². The third-order valence-corrected chi connectivity index (χ3v) is 7.07. The minimum Gasteiger partial charge on any atom is -0.439 e. The van der Waals surface area contributed by atoms with Crippen molar-refractivity contribution in [1.29, 1.82) is 5.26 Å². The molecule has 3 heterocycles. The molecule has 0 saturated heterocycles. The number of pyridine rings is 1. The highest BCUT2D eigenvalue weighted by Gasteiger charge is 2.37. The number of nitrogens with zero attached hydrogens (tertiary/aromatic N) is 2. The zero-order chi connectivity index (χ0) is 25.7. The van der Waals surface area contributed by atoms with Gasteiger partial charge in [0.1, 0.15) is 17.2 Å². The summed E-state index contributed by atoms with van der Waals surface area (Å²) in [6, 6.07) is 13.1. The Bertz CT molecular complexity index is 1740. The van der Waals surface area contributed by atoms with Gasteiger partial charge in [0.05, 0.1) is 22.4 Å². The second-order valence-electron chi connectivity index (χ2n) is 8.94. The lowest BCUT2D eigenvalue weighted by Gasteiger charge is -2.26. The number of aryl methyl sites for hydroxylation is 2. The van der Waals surface area contributed by atoms with E-state index in [-0.39, 0.29) is 28.3 Å². The minimum absolute atomic E-state index is 0.0115. The molecule has 0 bridgehead atoms. The molecule has 0 unspecified atom stereocenters. The summed E-state index contributed by atoms with van der Waals surface area (Å²) in [5, 5.41) is 11.3. The van der Waals surface area contributed by atoms with Gasteiger partial charge in [-0.2, -0.15) is 5.26 Å². The normalized spacial score (nSPS) is 15.0. The molecule has 8 heteroatoms. The minimum atomic E-state index is -1.03. The number of hydrogen-bond acceptors (Lipinski definition) is 7. The fourth-order valence-electron chi connectivity index (χ4n) is 4.96. The Balaban J connectivity index is 1.80. The fraction of sp³-hybridized carbons (Fsp3) is 0.250. The Hall–Kier alpha value is -4.51. The van der Waals surface area contributed by atoms with Gasteiger partial charge in [-0.3, -0.25) is 4.79 Å². The highest BCUT2D eigenvalue weighted by Crippen LogP contribution is 2.43. The van der Waals surface area contributed by atoms with Crippen LogP contribution in [0.2, 0.25) is 0 Å². The van der Waals surface area contributed by atoms with E-state index in [9.17, 15) is 14.9 Å². The number of aromatic amines is 1. The maximum atomic E-state index is 13.4. The zero-order valence-corrected chi connectivity index (χ0v) is 20.6. The first-order valence-electron chi connectivity index (χ1n) is 11.8. The first-order chi connectivity index (χ1) is 17.3. The molecule has 3 N–H and O–H groups in total. The van der Waals surface area contributed by atoms with Gasteiger partial charge in [0.2, 0.25) is 5.88 Å². The number of anilines is 1. The molecule has 182 valence electrons. The summed E-state index contributed by atoms with van der Waals surface area (Å²) < 4.78 is 11.6. The number of aromatic nitrogens is 1. The number of hydrogen-bond donors (Lipinski definition) is 2. The highest BCUT2D eigenvalue weighted by molar-refractivity contribution is 5.89. The van der Waals surface area contributed by atoms with Crippen molar-refractivity contribution in [3.8, 4) is 11.8 Å². The van der Waals surface area contributed by atoms with Crippen molar-refractivity contribution in [2.75, 3.05) is 18.0 Å². The van der Waals surface area contributed by atoms with Crippen LogP contribution in [0.15, 0.2) is 61.9 Å². The van der Waals surface area contributed by atoms with Gasteiger partial charge < -0.3 is 24.8 Å². The molecule has 8 nitrogen and oxygen atoms in total. The number of fused-ring (bicyclic) bond motifs is 4. The van der Waals surface area contributed by atoms with E-state index in [4.69, 9.17) is 14.9 Å². The number of ether oxygens (including phenoxy) is 1. The van der Waals surface area contributed by atoms with E-state index in [1.165, 1.54) is 0 Å². The lowest BCUT2D eigenvalue weighted by atomic mass is 9.83. The third-order valence-electron chi connectivity index (χ3n) is 7.07. The van der Waals surface area contributed by atoms with Crippen LogP contribution >= 0.6 is 0 Å². The molecule has 1 atom stereocenters. The van der Waals surface area contributed by atoms with Gasteiger partial charge in [-0.25, -0.2) is 4.79 Å². The van der Waals surface area contributed by atoms with Crippen molar-refractivity contribution in [3.05, 3.63) is 90.9 Å². The molecule has 0 aliphatic carbocycles. The Kier molecular flexibility index (Phi) is 5.56. The van der Waals surface area contributed by atoms with Gasteiger partial charge in [-0.1, -0.05) is 12.1 Å². The molecular weight excluding hydrogens is 456 g/mol. The molecule has 5 rings (SSSR count). The summed E-state index contributed by atoms with van der Waals surface area (Å²) in [5.41, 5.74) is 9.33. The molecule has 0 radical (unpaired) electrons. The molecule has 2 aromatic heterocycles. The molecule has 1 aliphatic heterocycles. The molecule has 0 saturated carbocycles. The Morgan fingerprint density at radius 1 is 1.11 bits per heavy atom. The fourth-order valence-corrected chi connectivity index (χ4v) is 4.96. The van der Waals surface area contributed by atoms with Crippen molar-refractivity contribution < 1.29 is 9.15 Å². The van der Waals surface area contributed by atoms with Crippen LogP contribution in [0.5, 0.6) is 5.75 Å². The van der Waals surface area contributed by atoms with Crippen LogP contribution in [0.1, 0.15) is 42.0 Å². The van der Waals surface area contributed by atoms with Crippen molar-refractivity contribution in [1.82, 2.24) is 4.98 Å². The van der Waals surface area contributed by atoms with E-state index in [0.717, 1.165) is 35.3 Å². The lowest BCUT2D eigenvalue weighted by Crippen LogP contribution is -2.29. The van der Waals surface area contributed by atoms with Crippen molar-refractivity contribution in [2.24, 2.45) is 5.73 Å². The first-order valence-corrected chi connectivity index (χ1v) is 11.8. The largest absolute Gasteiger partial charge is 0.439 e. The molecule has 36 heavy (non-hydrogen) atoms. The number of nitrogens with one attached hydrogen (secondary N) is 1. The summed E-state index contributed by atoms with van der Waals surface area (Å²) >= 11 is 0. The van der Waals surface area contributed by atoms with Crippen molar-refractivity contribution in [2.45, 2.75) is 33.6 Å². The number of nitrogens with two attached hydrogens (primary N) is 1. The number of rotatable bonds is 4. The van der Waals surface area contributed by atoms with Crippen LogP contribution in [0.25, 0.3) is 21.9 Å². The predicted molar refractivity (Wildman–Crippen MR) is 139 cm³/mol. The van der Waals surface area contributed by atoms with E-state index in [1.807, 2.05) is 58.0 Å². The third kappa shape index (κ3) is 3.43. The molecule has 2 aromatic carbocycles. The number of allylic oxidation sites excluding steroid dienone is 1. The molecular formula is C28H26N4O4. The smallest absolute Gasteiger partial charge is 0.344 e. The van der Waals surface area contributed by atoms with Gasteiger partial charge in [0.15, 0.2) is 5.75 Å². The summed E-state index contributed by atoms with van der Waals surface area (Å²) in [5.74, 6) is -0.973. The summed E-state index contributed by atoms with van der Waals surface area (Å²) in [4.78, 5) is 31.8. The average molecular weight is 483 g/mol.